The van der Waals surface area contributed by atoms with Crippen molar-refractivity contribution in [3.05, 3.63) is 28.3 Å². The van der Waals surface area contributed by atoms with Crippen LogP contribution in [0, 0.1) is 6.92 Å². The Bertz CT molecular complexity index is 501. The average molecular weight is 286 g/mol. The van der Waals surface area contributed by atoms with Crippen LogP contribution in [-0.2, 0) is 12.4 Å². The normalized spacial score (nSPS) is 12.4. The van der Waals surface area contributed by atoms with Crippen molar-refractivity contribution in [3.8, 4) is 5.75 Å². The second-order valence-electron chi connectivity index (χ2n) is 3.65. The van der Waals surface area contributed by atoms with Gasteiger partial charge in [0, 0.05) is 11.1 Å². The SMILES string of the molecule is COc1cc(C(F)(F)F)c(C=O)c(C(F)(F)F)c1C. The van der Waals surface area contributed by atoms with Gasteiger partial charge in [0.25, 0.3) is 0 Å². The number of halogens is 6. The first-order chi connectivity index (χ1) is 8.54. The summed E-state index contributed by atoms with van der Waals surface area (Å²) >= 11 is 0. The zero-order chi connectivity index (χ0) is 15.0. The van der Waals surface area contributed by atoms with Gasteiger partial charge in [-0.1, -0.05) is 0 Å². The van der Waals surface area contributed by atoms with Gasteiger partial charge in [-0.2, -0.15) is 26.3 Å². The number of hydrogen-bond donors (Lipinski definition) is 0. The number of methoxy groups -OCH3 is 1. The van der Waals surface area contributed by atoms with Crippen molar-refractivity contribution in [2.45, 2.75) is 19.3 Å². The molecule has 0 aliphatic rings. The lowest BCUT2D eigenvalue weighted by atomic mass is 9.95. The fraction of sp³-hybridized carbons (Fsp3) is 0.364. The Kier molecular flexibility index (Phi) is 3.83. The molecule has 0 fully saturated rings. The second kappa shape index (κ2) is 4.75. The van der Waals surface area contributed by atoms with Crippen molar-refractivity contribution < 1.29 is 35.9 Å². The number of carbonyl (C=O) groups excluding carboxylic acids is 1. The molecule has 1 aromatic carbocycles. The highest BCUT2D eigenvalue weighted by Crippen LogP contribution is 2.43. The van der Waals surface area contributed by atoms with Crippen LogP contribution in [0.3, 0.4) is 0 Å². The van der Waals surface area contributed by atoms with Crippen molar-refractivity contribution in [1.29, 1.82) is 0 Å². The van der Waals surface area contributed by atoms with Crippen molar-refractivity contribution in [2.75, 3.05) is 7.11 Å². The van der Waals surface area contributed by atoms with Crippen LogP contribution in [0.4, 0.5) is 26.3 Å². The van der Waals surface area contributed by atoms with E-state index in [1.807, 2.05) is 0 Å². The van der Waals surface area contributed by atoms with E-state index in [-0.39, 0.29) is 0 Å². The van der Waals surface area contributed by atoms with Crippen LogP contribution in [0.15, 0.2) is 6.07 Å². The molecule has 0 radical (unpaired) electrons. The summed E-state index contributed by atoms with van der Waals surface area (Å²) < 4.78 is 80.9. The molecule has 8 heteroatoms. The van der Waals surface area contributed by atoms with Gasteiger partial charge in [0.15, 0.2) is 6.29 Å². The van der Waals surface area contributed by atoms with E-state index in [1.165, 1.54) is 0 Å². The summed E-state index contributed by atoms with van der Waals surface area (Å²) in [5.74, 6) is -0.578. The van der Waals surface area contributed by atoms with E-state index >= 15 is 0 Å². The van der Waals surface area contributed by atoms with Crippen molar-refractivity contribution in [2.24, 2.45) is 0 Å². The van der Waals surface area contributed by atoms with Crippen LogP contribution in [0.1, 0.15) is 27.0 Å². The van der Waals surface area contributed by atoms with Crippen LogP contribution in [0.2, 0.25) is 0 Å². The molecule has 0 amide bonds. The monoisotopic (exact) mass is 286 g/mol. The predicted octanol–water partition coefficient (Wildman–Crippen LogP) is 3.85. The molecular weight excluding hydrogens is 278 g/mol. The number of ether oxygens (including phenoxy) is 1. The minimum Gasteiger partial charge on any atom is -0.496 e. The Balaban J connectivity index is 3.83. The molecule has 0 aliphatic carbocycles. The quantitative estimate of drug-likeness (QED) is 0.609. The maximum Gasteiger partial charge on any atom is 0.417 e. The Morgan fingerprint density at radius 3 is 1.95 bits per heavy atom. The van der Waals surface area contributed by atoms with Crippen LogP contribution in [0.25, 0.3) is 0 Å². The van der Waals surface area contributed by atoms with Crippen LogP contribution in [0.5, 0.6) is 5.75 Å². The van der Waals surface area contributed by atoms with Crippen LogP contribution < -0.4 is 4.74 Å². The summed E-state index contributed by atoms with van der Waals surface area (Å²) in [6, 6.07) is 0.383. The zero-order valence-electron chi connectivity index (χ0n) is 9.74. The van der Waals surface area contributed by atoms with Crippen molar-refractivity contribution >= 4 is 6.29 Å². The number of alkyl halides is 6. The molecule has 0 saturated carbocycles. The number of aldehydes is 1. The van der Waals surface area contributed by atoms with Crippen LogP contribution >= 0.6 is 0 Å². The number of rotatable bonds is 2. The van der Waals surface area contributed by atoms with E-state index in [0.717, 1.165) is 14.0 Å². The Morgan fingerprint density at radius 2 is 1.63 bits per heavy atom. The third-order valence-electron chi connectivity index (χ3n) is 2.51. The molecule has 0 atom stereocenters. The van der Waals surface area contributed by atoms with Gasteiger partial charge in [0.1, 0.15) is 5.75 Å². The van der Waals surface area contributed by atoms with Crippen molar-refractivity contribution in [1.82, 2.24) is 0 Å². The molecule has 1 aromatic rings. The fourth-order valence-corrected chi connectivity index (χ4v) is 1.71. The molecule has 0 aliphatic heterocycles. The minimum absolute atomic E-state index is 0.383. The highest BCUT2D eigenvalue weighted by Gasteiger charge is 2.43. The van der Waals surface area contributed by atoms with E-state index < -0.39 is 46.6 Å². The van der Waals surface area contributed by atoms with Gasteiger partial charge in [0.2, 0.25) is 0 Å². The topological polar surface area (TPSA) is 26.3 Å². The first-order valence-electron chi connectivity index (χ1n) is 4.85. The zero-order valence-corrected chi connectivity index (χ0v) is 9.74. The molecule has 0 aromatic heterocycles. The van der Waals surface area contributed by atoms with Gasteiger partial charge in [-0.3, -0.25) is 4.79 Å². The first kappa shape index (κ1) is 15.3. The fourth-order valence-electron chi connectivity index (χ4n) is 1.71. The Morgan fingerprint density at radius 1 is 1.11 bits per heavy atom. The maximum atomic E-state index is 12.8. The van der Waals surface area contributed by atoms with Gasteiger partial charge in [-0.15, -0.1) is 0 Å². The molecule has 0 unspecified atom stereocenters. The number of benzene rings is 1. The van der Waals surface area contributed by atoms with Gasteiger partial charge in [-0.05, 0) is 13.0 Å². The lowest BCUT2D eigenvalue weighted by Gasteiger charge is -2.20. The molecule has 0 spiro atoms. The summed E-state index contributed by atoms with van der Waals surface area (Å²) in [4.78, 5) is 10.7. The molecule has 1 rings (SSSR count). The van der Waals surface area contributed by atoms with E-state index in [9.17, 15) is 31.1 Å². The van der Waals surface area contributed by atoms with Crippen LogP contribution in [-0.4, -0.2) is 13.4 Å². The van der Waals surface area contributed by atoms with Gasteiger partial charge < -0.3 is 4.74 Å². The second-order valence-corrected chi connectivity index (χ2v) is 3.65. The highest BCUT2D eigenvalue weighted by molar-refractivity contribution is 5.82. The minimum atomic E-state index is -5.09. The predicted molar refractivity (Wildman–Crippen MR) is 53.1 cm³/mol. The van der Waals surface area contributed by atoms with Crippen molar-refractivity contribution in [3.63, 3.8) is 0 Å². The van der Waals surface area contributed by atoms with E-state index in [4.69, 9.17) is 0 Å². The lowest BCUT2D eigenvalue weighted by Crippen LogP contribution is -2.18. The Labute approximate surface area is 104 Å². The third-order valence-corrected chi connectivity index (χ3v) is 2.51. The summed E-state index contributed by atoms with van der Waals surface area (Å²) in [5.41, 5.74) is -5.30. The average Bonchev–Trinajstić information content (AvgIpc) is 2.24. The molecule has 19 heavy (non-hydrogen) atoms. The molecule has 0 heterocycles. The highest BCUT2D eigenvalue weighted by atomic mass is 19.4. The standard InChI is InChI=1S/C11H8F6O2/c1-5-8(19-2)3-7(10(12,13)14)6(4-18)9(5)11(15,16)17/h3-4H,1-2H3. The summed E-state index contributed by atoms with van der Waals surface area (Å²) in [6.45, 7) is 0.939. The van der Waals surface area contributed by atoms with Gasteiger partial charge in [0.05, 0.1) is 18.2 Å². The largest absolute Gasteiger partial charge is 0.496 e. The Hall–Kier alpha value is -1.73. The smallest absolute Gasteiger partial charge is 0.417 e. The van der Waals surface area contributed by atoms with Gasteiger partial charge >= 0.3 is 12.4 Å². The third kappa shape index (κ3) is 2.82. The first-order valence-corrected chi connectivity index (χ1v) is 4.85. The molecule has 0 bridgehead atoms. The molecule has 0 N–H and O–H groups in total. The molecule has 2 nitrogen and oxygen atoms in total. The summed E-state index contributed by atoms with van der Waals surface area (Å²) in [6.07, 6.45) is -10.6. The van der Waals surface area contributed by atoms with E-state index in [0.29, 0.717) is 6.07 Å². The van der Waals surface area contributed by atoms with Gasteiger partial charge in [-0.25, -0.2) is 0 Å². The molecular formula is C11H8F6O2. The lowest BCUT2D eigenvalue weighted by molar-refractivity contribution is -0.144. The summed E-state index contributed by atoms with van der Waals surface area (Å²) in [5, 5.41) is 0. The maximum absolute atomic E-state index is 12.8. The number of carbonyl (C=O) groups is 1. The summed E-state index contributed by atoms with van der Waals surface area (Å²) in [7, 11) is 0.948. The molecule has 106 valence electrons. The molecule has 0 saturated heterocycles. The van der Waals surface area contributed by atoms with E-state index in [1.54, 1.807) is 0 Å². The number of hydrogen-bond acceptors (Lipinski definition) is 2. The van der Waals surface area contributed by atoms with E-state index in [2.05, 4.69) is 4.74 Å².